The van der Waals surface area contributed by atoms with Crippen LogP contribution in [0.2, 0.25) is 0 Å². The lowest BCUT2D eigenvalue weighted by atomic mass is 10.0. The second kappa shape index (κ2) is 9.52. The molecule has 1 heterocycles. The molecule has 0 bridgehead atoms. The molecule has 150 valence electrons. The van der Waals surface area contributed by atoms with Crippen LogP contribution in [0.4, 0.5) is 8.78 Å². The highest BCUT2D eigenvalue weighted by Gasteiger charge is 2.14. The predicted molar refractivity (Wildman–Crippen MR) is 113 cm³/mol. The van der Waals surface area contributed by atoms with Gasteiger partial charge in [0.2, 0.25) is 0 Å². The number of rotatable bonds is 8. The summed E-state index contributed by atoms with van der Waals surface area (Å²) in [6, 6.07) is 8.44. The van der Waals surface area contributed by atoms with Crippen molar-refractivity contribution in [2.45, 2.75) is 38.7 Å². The molecular weight excluding hydrogens is 370 g/mol. The van der Waals surface area contributed by atoms with E-state index in [1.165, 1.54) is 0 Å². The molecule has 0 radical (unpaired) electrons. The lowest BCUT2D eigenvalue weighted by Crippen LogP contribution is -1.97. The van der Waals surface area contributed by atoms with Crippen LogP contribution in [-0.2, 0) is 6.42 Å². The summed E-state index contributed by atoms with van der Waals surface area (Å²) < 4.78 is 29.2. The van der Waals surface area contributed by atoms with Crippen molar-refractivity contribution in [2.75, 3.05) is 0 Å². The number of aliphatic hydroxyl groups is 1. The first-order valence-corrected chi connectivity index (χ1v) is 9.69. The molecule has 0 aliphatic carbocycles. The molecule has 0 aliphatic heterocycles. The van der Waals surface area contributed by atoms with Crippen LogP contribution in [0.5, 0.6) is 0 Å². The average molecular weight is 394 g/mol. The SMILES string of the molecule is C=CCc1ncc2cc(-c3ccc(C=CCCCC(C)O)c(F)c3F)ccc2n1. The largest absolute Gasteiger partial charge is 0.393 e. The second-order valence-corrected chi connectivity index (χ2v) is 7.07. The molecule has 1 N–H and O–H groups in total. The molecule has 5 heteroatoms. The minimum absolute atomic E-state index is 0.200. The van der Waals surface area contributed by atoms with Gasteiger partial charge < -0.3 is 5.11 Å². The number of hydrogen-bond donors (Lipinski definition) is 1. The van der Waals surface area contributed by atoms with Crippen molar-refractivity contribution in [3.8, 4) is 11.1 Å². The molecule has 3 aromatic rings. The highest BCUT2D eigenvalue weighted by Crippen LogP contribution is 2.29. The molecule has 0 fully saturated rings. The van der Waals surface area contributed by atoms with Gasteiger partial charge >= 0.3 is 0 Å². The quantitative estimate of drug-likeness (QED) is 0.384. The maximum absolute atomic E-state index is 14.7. The van der Waals surface area contributed by atoms with Crippen LogP contribution in [0.1, 0.15) is 37.6 Å². The Hall–Kier alpha value is -2.92. The molecule has 0 saturated carbocycles. The smallest absolute Gasteiger partial charge is 0.167 e. The third kappa shape index (κ3) is 5.12. The third-order valence-electron chi connectivity index (χ3n) is 4.67. The van der Waals surface area contributed by atoms with Gasteiger partial charge in [-0.25, -0.2) is 18.7 Å². The van der Waals surface area contributed by atoms with Gasteiger partial charge in [-0.05, 0) is 43.9 Å². The lowest BCUT2D eigenvalue weighted by Gasteiger charge is -2.08. The van der Waals surface area contributed by atoms with E-state index in [1.54, 1.807) is 61.7 Å². The molecule has 0 spiro atoms. The van der Waals surface area contributed by atoms with E-state index in [2.05, 4.69) is 16.5 Å². The summed E-state index contributed by atoms with van der Waals surface area (Å²) in [7, 11) is 0. The molecule has 1 aromatic heterocycles. The molecule has 2 aromatic carbocycles. The van der Waals surface area contributed by atoms with Gasteiger partial charge in [0.1, 0.15) is 5.82 Å². The van der Waals surface area contributed by atoms with Gasteiger partial charge in [0.05, 0.1) is 11.6 Å². The number of fused-ring (bicyclic) bond motifs is 1. The molecule has 0 amide bonds. The van der Waals surface area contributed by atoms with Gasteiger partial charge in [-0.3, -0.25) is 0 Å². The molecule has 0 saturated heterocycles. The van der Waals surface area contributed by atoms with E-state index >= 15 is 0 Å². The minimum atomic E-state index is -0.875. The Morgan fingerprint density at radius 3 is 2.76 bits per heavy atom. The van der Waals surface area contributed by atoms with Crippen LogP contribution in [0, 0.1) is 11.6 Å². The van der Waals surface area contributed by atoms with E-state index in [4.69, 9.17) is 0 Å². The Morgan fingerprint density at radius 2 is 2.00 bits per heavy atom. The highest BCUT2D eigenvalue weighted by molar-refractivity contribution is 5.84. The van der Waals surface area contributed by atoms with Crippen molar-refractivity contribution in [3.05, 3.63) is 78.3 Å². The van der Waals surface area contributed by atoms with Gasteiger partial charge in [0.25, 0.3) is 0 Å². The summed E-state index contributed by atoms with van der Waals surface area (Å²) in [5.74, 6) is -1.08. The first kappa shape index (κ1) is 20.8. The van der Waals surface area contributed by atoms with Crippen molar-refractivity contribution in [1.29, 1.82) is 0 Å². The summed E-state index contributed by atoms with van der Waals surface area (Å²) in [5.41, 5.74) is 1.73. The number of allylic oxidation sites excluding steroid dienone is 2. The Balaban J connectivity index is 1.83. The van der Waals surface area contributed by atoms with Crippen molar-refractivity contribution in [1.82, 2.24) is 9.97 Å². The van der Waals surface area contributed by atoms with Crippen LogP contribution >= 0.6 is 0 Å². The summed E-state index contributed by atoms with van der Waals surface area (Å²) in [6.07, 6.45) is 9.20. The molecule has 1 unspecified atom stereocenters. The minimum Gasteiger partial charge on any atom is -0.393 e. The van der Waals surface area contributed by atoms with Crippen molar-refractivity contribution in [2.24, 2.45) is 0 Å². The lowest BCUT2D eigenvalue weighted by molar-refractivity contribution is 0.182. The molecule has 3 rings (SSSR count). The van der Waals surface area contributed by atoms with E-state index in [0.29, 0.717) is 30.7 Å². The molecule has 29 heavy (non-hydrogen) atoms. The van der Waals surface area contributed by atoms with Crippen LogP contribution < -0.4 is 0 Å². The van der Waals surface area contributed by atoms with Crippen LogP contribution in [0.3, 0.4) is 0 Å². The number of halogens is 2. The van der Waals surface area contributed by atoms with Gasteiger partial charge in [-0.15, -0.1) is 6.58 Å². The van der Waals surface area contributed by atoms with E-state index < -0.39 is 11.6 Å². The number of hydrogen-bond acceptors (Lipinski definition) is 3. The monoisotopic (exact) mass is 394 g/mol. The van der Waals surface area contributed by atoms with Crippen LogP contribution in [0.15, 0.2) is 55.3 Å². The Morgan fingerprint density at radius 1 is 1.17 bits per heavy atom. The fourth-order valence-corrected chi connectivity index (χ4v) is 3.12. The summed E-state index contributed by atoms with van der Waals surface area (Å²) in [5, 5.41) is 10.0. The summed E-state index contributed by atoms with van der Waals surface area (Å²) >= 11 is 0. The first-order valence-electron chi connectivity index (χ1n) is 9.69. The van der Waals surface area contributed by atoms with E-state index in [1.807, 2.05) is 0 Å². The Labute approximate surface area is 169 Å². The van der Waals surface area contributed by atoms with Crippen LogP contribution in [-0.4, -0.2) is 21.2 Å². The van der Waals surface area contributed by atoms with E-state index in [9.17, 15) is 13.9 Å². The van der Waals surface area contributed by atoms with Gasteiger partial charge in [-0.2, -0.15) is 0 Å². The highest BCUT2D eigenvalue weighted by atomic mass is 19.2. The Kier molecular flexibility index (Phi) is 6.83. The number of aliphatic hydroxyl groups excluding tert-OH is 1. The molecule has 1 atom stereocenters. The average Bonchev–Trinajstić information content (AvgIpc) is 2.70. The second-order valence-electron chi connectivity index (χ2n) is 7.07. The van der Waals surface area contributed by atoms with Crippen LogP contribution in [0.25, 0.3) is 28.1 Å². The molecule has 3 nitrogen and oxygen atoms in total. The number of unbranched alkanes of at least 4 members (excludes halogenated alkanes) is 1. The Bertz CT molecular complexity index is 1040. The van der Waals surface area contributed by atoms with E-state index in [0.717, 1.165) is 17.3 Å². The third-order valence-corrected chi connectivity index (χ3v) is 4.67. The van der Waals surface area contributed by atoms with E-state index in [-0.39, 0.29) is 17.2 Å². The number of nitrogens with zero attached hydrogens (tertiary/aromatic N) is 2. The first-order chi connectivity index (χ1) is 14.0. The fraction of sp³-hybridized carbons (Fsp3) is 0.250. The topological polar surface area (TPSA) is 46.0 Å². The van der Waals surface area contributed by atoms with Crippen molar-refractivity contribution < 1.29 is 13.9 Å². The van der Waals surface area contributed by atoms with Gasteiger partial charge in [0.15, 0.2) is 11.6 Å². The van der Waals surface area contributed by atoms with Gasteiger partial charge in [-0.1, -0.05) is 36.4 Å². The predicted octanol–water partition coefficient (Wildman–Crippen LogP) is 5.87. The normalized spacial score (nSPS) is 12.6. The zero-order chi connectivity index (χ0) is 20.8. The van der Waals surface area contributed by atoms with Gasteiger partial charge in [0, 0.05) is 29.1 Å². The number of benzene rings is 2. The van der Waals surface area contributed by atoms with Crippen molar-refractivity contribution in [3.63, 3.8) is 0 Å². The summed E-state index contributed by atoms with van der Waals surface area (Å²) in [4.78, 5) is 8.71. The zero-order valence-corrected chi connectivity index (χ0v) is 16.4. The standard InChI is InChI=1S/C24H24F2N2O/c1-3-7-22-27-15-19-14-18(11-13-21(19)28-22)20-12-10-17(23(25)24(20)26)9-6-4-5-8-16(2)29/h3,6,9-16,29H,1,4-5,7-8H2,2H3. The number of aromatic nitrogens is 2. The summed E-state index contributed by atoms with van der Waals surface area (Å²) in [6.45, 7) is 5.41. The zero-order valence-electron chi connectivity index (χ0n) is 16.4. The molecule has 0 aliphatic rings. The maximum Gasteiger partial charge on any atom is 0.167 e. The maximum atomic E-state index is 14.7. The fourth-order valence-electron chi connectivity index (χ4n) is 3.12. The molecular formula is C24H24F2N2O. The van der Waals surface area contributed by atoms with Crippen molar-refractivity contribution >= 4 is 17.0 Å².